The molecule has 0 saturated carbocycles. The van der Waals surface area contributed by atoms with Crippen molar-refractivity contribution >= 4 is 92.2 Å². The van der Waals surface area contributed by atoms with Gasteiger partial charge in [0.15, 0.2) is 6.73 Å². The van der Waals surface area contributed by atoms with E-state index in [0.717, 1.165) is 45.5 Å². The summed E-state index contributed by atoms with van der Waals surface area (Å²) in [5, 5.41) is 0. The second-order valence-electron chi connectivity index (χ2n) is 10.4. The summed E-state index contributed by atoms with van der Waals surface area (Å²) in [6, 6.07) is 36.8. The van der Waals surface area contributed by atoms with E-state index < -0.39 is 0 Å². The molecular weight excluding hydrogens is 647 g/mol. The van der Waals surface area contributed by atoms with E-state index >= 15 is 0 Å². The number of benzene rings is 4. The van der Waals surface area contributed by atoms with Crippen molar-refractivity contribution < 1.29 is 14.3 Å². The van der Waals surface area contributed by atoms with E-state index in [9.17, 15) is 14.4 Å². The van der Waals surface area contributed by atoms with Crippen molar-refractivity contribution in [3.8, 4) is 0 Å². The SMILES string of the molecule is CCN1C(=O)/C(=c2/s/c(=C/c3ccc(/C=C/c4ccc(N(c5ccccc5)c5ccccc5)cc4)cc3)c(=O)n2COC=O)SC1=S. The fourth-order valence-electron chi connectivity index (χ4n) is 5.09. The van der Waals surface area contributed by atoms with Crippen LogP contribution in [0.4, 0.5) is 17.1 Å². The first-order valence-corrected chi connectivity index (χ1v) is 16.8. The van der Waals surface area contributed by atoms with Gasteiger partial charge in [-0.05, 0) is 66.1 Å². The molecule has 4 aromatic carbocycles. The number of carbonyl (C=O) groups is 2. The van der Waals surface area contributed by atoms with Gasteiger partial charge in [0.25, 0.3) is 17.9 Å². The van der Waals surface area contributed by atoms with E-state index in [2.05, 4.69) is 59.5 Å². The molecule has 1 fully saturated rings. The lowest BCUT2D eigenvalue weighted by Crippen LogP contribution is -2.34. The van der Waals surface area contributed by atoms with Crippen LogP contribution in [0.25, 0.3) is 23.1 Å². The van der Waals surface area contributed by atoms with Gasteiger partial charge in [0.1, 0.15) is 13.9 Å². The zero-order chi connectivity index (χ0) is 32.8. The molecule has 10 heteroatoms. The lowest BCUT2D eigenvalue weighted by molar-refractivity contribution is -0.132. The number of hydrogen-bond donors (Lipinski definition) is 0. The Morgan fingerprint density at radius 1 is 0.766 bits per heavy atom. The van der Waals surface area contributed by atoms with Crippen molar-refractivity contribution in [1.29, 1.82) is 0 Å². The Labute approximate surface area is 285 Å². The van der Waals surface area contributed by atoms with Crippen LogP contribution in [0.3, 0.4) is 0 Å². The first kappa shape index (κ1) is 31.9. The van der Waals surface area contributed by atoms with Gasteiger partial charge in [0.2, 0.25) is 0 Å². The zero-order valence-electron chi connectivity index (χ0n) is 25.3. The predicted octanol–water partition coefficient (Wildman–Crippen LogP) is 6.50. The molecule has 0 bridgehead atoms. The van der Waals surface area contributed by atoms with E-state index in [4.69, 9.17) is 17.0 Å². The summed E-state index contributed by atoms with van der Waals surface area (Å²) in [6.07, 6.45) is 5.87. The molecule has 0 spiro atoms. The predicted molar refractivity (Wildman–Crippen MR) is 196 cm³/mol. The highest BCUT2D eigenvalue weighted by atomic mass is 32.2. The molecule has 234 valence electrons. The number of aromatic nitrogens is 1. The molecule has 0 atom stereocenters. The van der Waals surface area contributed by atoms with Crippen LogP contribution in [-0.2, 0) is 21.1 Å². The summed E-state index contributed by atoms with van der Waals surface area (Å²) in [6.45, 7) is 2.25. The monoisotopic (exact) mass is 675 g/mol. The Kier molecular flexibility index (Phi) is 9.92. The van der Waals surface area contributed by atoms with Crippen LogP contribution in [0.5, 0.6) is 0 Å². The van der Waals surface area contributed by atoms with Crippen molar-refractivity contribution in [3.05, 3.63) is 145 Å². The molecule has 0 N–H and O–H groups in total. The lowest BCUT2D eigenvalue weighted by atomic mass is 10.1. The van der Waals surface area contributed by atoms with Gasteiger partial charge in [-0.1, -0.05) is 109 Å². The van der Waals surface area contributed by atoms with Gasteiger partial charge in [-0.3, -0.25) is 23.9 Å². The summed E-state index contributed by atoms with van der Waals surface area (Å²) in [5.41, 5.74) is 5.77. The van der Waals surface area contributed by atoms with E-state index in [0.29, 0.717) is 25.0 Å². The van der Waals surface area contributed by atoms with Crippen LogP contribution in [0.2, 0.25) is 0 Å². The van der Waals surface area contributed by atoms with Gasteiger partial charge in [-0.2, -0.15) is 0 Å². The summed E-state index contributed by atoms with van der Waals surface area (Å²) in [7, 11) is 0. The van der Waals surface area contributed by atoms with Crippen LogP contribution in [0.15, 0.2) is 114 Å². The third-order valence-electron chi connectivity index (χ3n) is 7.42. The Balaban J connectivity index is 1.23. The van der Waals surface area contributed by atoms with Crippen LogP contribution < -0.4 is 19.7 Å². The number of thioether (sulfide) groups is 1. The molecule has 1 aliphatic heterocycles. The number of ether oxygens (including phenoxy) is 1. The highest BCUT2D eigenvalue weighted by molar-refractivity contribution is 8.30. The third kappa shape index (κ3) is 7.05. The van der Waals surface area contributed by atoms with Gasteiger partial charge in [-0.25, -0.2) is 0 Å². The number of thiocarbonyl (C=S) groups is 1. The molecule has 1 amide bonds. The minimum atomic E-state index is -0.348. The normalized spacial score (nSPS) is 14.7. The number of rotatable bonds is 10. The highest BCUT2D eigenvalue weighted by Crippen LogP contribution is 2.34. The quantitative estimate of drug-likeness (QED) is 0.0952. The van der Waals surface area contributed by atoms with Crippen molar-refractivity contribution in [3.63, 3.8) is 0 Å². The molecule has 0 aliphatic carbocycles. The Bertz CT molecular complexity index is 2080. The molecular formula is C37H29N3O4S3. The summed E-state index contributed by atoms with van der Waals surface area (Å²) in [5.74, 6) is -0.259. The maximum atomic E-state index is 13.3. The molecule has 1 aromatic heterocycles. The number of carbonyl (C=O) groups excluding carboxylic acids is 2. The highest BCUT2D eigenvalue weighted by Gasteiger charge is 2.33. The Morgan fingerprint density at radius 2 is 1.30 bits per heavy atom. The van der Waals surface area contributed by atoms with Gasteiger partial charge < -0.3 is 9.64 Å². The van der Waals surface area contributed by atoms with Gasteiger partial charge in [0, 0.05) is 23.6 Å². The summed E-state index contributed by atoms with van der Waals surface area (Å²) < 4.78 is 7.47. The number of anilines is 3. The van der Waals surface area contributed by atoms with Gasteiger partial charge in [0.05, 0.1) is 4.53 Å². The van der Waals surface area contributed by atoms with Crippen LogP contribution in [-0.4, -0.2) is 32.7 Å². The first-order chi connectivity index (χ1) is 23.0. The fourth-order valence-corrected chi connectivity index (χ4v) is 7.72. The van der Waals surface area contributed by atoms with Gasteiger partial charge >= 0.3 is 0 Å². The number of nitrogens with zero attached hydrogens (tertiary/aromatic N) is 3. The first-order valence-electron chi connectivity index (χ1n) is 14.8. The van der Waals surface area contributed by atoms with E-state index in [1.807, 2.05) is 73.7 Å². The summed E-state index contributed by atoms with van der Waals surface area (Å²) >= 11 is 7.67. The molecule has 7 nitrogen and oxygen atoms in total. The van der Waals surface area contributed by atoms with Crippen LogP contribution >= 0.6 is 35.3 Å². The Hall–Kier alpha value is -5.03. The molecule has 2 heterocycles. The van der Waals surface area contributed by atoms with Crippen molar-refractivity contribution in [2.75, 3.05) is 11.4 Å². The molecule has 0 unspecified atom stereocenters. The summed E-state index contributed by atoms with van der Waals surface area (Å²) in [4.78, 5) is 41.2. The molecule has 1 aliphatic rings. The molecule has 6 rings (SSSR count). The molecule has 1 saturated heterocycles. The van der Waals surface area contributed by atoms with Crippen molar-refractivity contribution in [2.24, 2.45) is 0 Å². The van der Waals surface area contributed by atoms with Crippen molar-refractivity contribution in [2.45, 2.75) is 13.7 Å². The average molecular weight is 676 g/mol. The number of para-hydroxylation sites is 2. The number of amides is 1. The molecule has 47 heavy (non-hydrogen) atoms. The minimum Gasteiger partial charge on any atom is -0.446 e. The number of hydrogen-bond acceptors (Lipinski definition) is 8. The minimum absolute atomic E-state index is 0.259. The van der Waals surface area contributed by atoms with Gasteiger partial charge in [-0.15, -0.1) is 11.3 Å². The second-order valence-corrected chi connectivity index (χ2v) is 13.1. The average Bonchev–Trinajstić information content (AvgIpc) is 3.57. The molecule has 0 radical (unpaired) electrons. The van der Waals surface area contributed by atoms with Crippen LogP contribution in [0.1, 0.15) is 23.6 Å². The third-order valence-corrected chi connectivity index (χ3v) is 10.1. The maximum absolute atomic E-state index is 13.3. The molecule has 5 aromatic rings. The zero-order valence-corrected chi connectivity index (χ0v) is 27.8. The van der Waals surface area contributed by atoms with E-state index in [1.54, 1.807) is 6.08 Å². The second kappa shape index (κ2) is 14.6. The van der Waals surface area contributed by atoms with Crippen LogP contribution in [0, 0.1) is 0 Å². The maximum Gasteiger partial charge on any atom is 0.294 e. The Morgan fingerprint density at radius 3 is 1.83 bits per heavy atom. The van der Waals surface area contributed by atoms with E-state index in [-0.39, 0.29) is 24.7 Å². The fraction of sp³-hybridized carbons (Fsp3) is 0.0811. The topological polar surface area (TPSA) is 71.8 Å². The smallest absolute Gasteiger partial charge is 0.294 e. The number of thiazole rings is 1. The largest absolute Gasteiger partial charge is 0.446 e. The lowest BCUT2D eigenvalue weighted by Gasteiger charge is -2.25. The van der Waals surface area contributed by atoms with E-state index in [1.165, 1.54) is 20.8 Å². The van der Waals surface area contributed by atoms with Crippen molar-refractivity contribution in [1.82, 2.24) is 9.47 Å². The standard InChI is InChI=1S/C37H29N3O4S3/c1-2-38-35(43)33(47-37(38)45)36-39(24-44-25-41)34(42)32(46-36)23-28-17-15-26(16-18-28)13-14-27-19-21-31(22-20-27)40(29-9-5-3-6-10-29)30-11-7-4-8-12-30/h3-23,25H,2,24H2,1H3/b14-13+,32-23+,36-33-.